The van der Waals surface area contributed by atoms with Crippen molar-refractivity contribution in [1.82, 2.24) is 4.98 Å². The fourth-order valence-corrected chi connectivity index (χ4v) is 1.54. The van der Waals surface area contributed by atoms with Gasteiger partial charge in [0.25, 0.3) is 0 Å². The van der Waals surface area contributed by atoms with Crippen molar-refractivity contribution < 1.29 is 9.90 Å². The van der Waals surface area contributed by atoms with Crippen LogP contribution >= 0.6 is 0 Å². The summed E-state index contributed by atoms with van der Waals surface area (Å²) >= 11 is 0. The number of H-pyrrole nitrogens is 1. The Morgan fingerprint density at radius 2 is 2.23 bits per heavy atom. The number of aryl methyl sites for hydroxylation is 1. The summed E-state index contributed by atoms with van der Waals surface area (Å²) in [4.78, 5) is 13.7. The predicted molar refractivity (Wildman–Crippen MR) is 50.0 cm³/mol. The summed E-state index contributed by atoms with van der Waals surface area (Å²) in [6.07, 6.45) is 1.53. The molecule has 2 aromatic rings. The molecule has 1 aromatic heterocycles. The maximum atomic E-state index is 10.8. The third kappa shape index (κ3) is 1.09. The standard InChI is InChI=1S/C10H9NO2/c1-6-3-2-4-8-9(6)7(5-11-8)10(12)13/h2-5,11H,1H3,(H,12,13). The molecule has 3 heteroatoms. The van der Waals surface area contributed by atoms with E-state index in [2.05, 4.69) is 4.98 Å². The number of nitrogens with one attached hydrogen (secondary N) is 1. The highest BCUT2D eigenvalue weighted by molar-refractivity contribution is 6.04. The first-order chi connectivity index (χ1) is 6.20. The molecule has 0 aliphatic carbocycles. The number of aromatic nitrogens is 1. The maximum absolute atomic E-state index is 10.8. The van der Waals surface area contributed by atoms with Crippen LogP contribution in [0.2, 0.25) is 0 Å². The number of carbonyl (C=O) groups is 1. The second-order valence-electron chi connectivity index (χ2n) is 3.00. The van der Waals surface area contributed by atoms with Gasteiger partial charge in [0.2, 0.25) is 0 Å². The van der Waals surface area contributed by atoms with Crippen LogP contribution in [0.1, 0.15) is 15.9 Å². The number of rotatable bonds is 1. The fourth-order valence-electron chi connectivity index (χ4n) is 1.54. The molecule has 2 N–H and O–H groups in total. The van der Waals surface area contributed by atoms with Crippen molar-refractivity contribution in [3.05, 3.63) is 35.5 Å². The number of hydrogen-bond acceptors (Lipinski definition) is 1. The van der Waals surface area contributed by atoms with Gasteiger partial charge in [0.1, 0.15) is 0 Å². The van der Waals surface area contributed by atoms with Crippen molar-refractivity contribution in [2.24, 2.45) is 0 Å². The topological polar surface area (TPSA) is 53.1 Å². The highest BCUT2D eigenvalue weighted by Crippen LogP contribution is 2.21. The summed E-state index contributed by atoms with van der Waals surface area (Å²) in [7, 11) is 0. The quantitative estimate of drug-likeness (QED) is 0.697. The van der Waals surface area contributed by atoms with E-state index < -0.39 is 5.97 Å². The Morgan fingerprint density at radius 1 is 1.46 bits per heavy atom. The molecule has 0 saturated heterocycles. The van der Waals surface area contributed by atoms with Gasteiger partial charge in [0.05, 0.1) is 5.56 Å². The van der Waals surface area contributed by atoms with E-state index in [9.17, 15) is 4.79 Å². The first-order valence-corrected chi connectivity index (χ1v) is 4.00. The van der Waals surface area contributed by atoms with Crippen molar-refractivity contribution in [2.45, 2.75) is 6.92 Å². The molecule has 66 valence electrons. The van der Waals surface area contributed by atoms with E-state index in [0.717, 1.165) is 16.5 Å². The lowest BCUT2D eigenvalue weighted by Gasteiger charge is -1.96. The number of fused-ring (bicyclic) bond motifs is 1. The maximum Gasteiger partial charge on any atom is 0.337 e. The van der Waals surface area contributed by atoms with E-state index in [1.807, 2.05) is 25.1 Å². The average molecular weight is 175 g/mol. The highest BCUT2D eigenvalue weighted by Gasteiger charge is 2.11. The summed E-state index contributed by atoms with van der Waals surface area (Å²) in [6.45, 7) is 1.91. The number of carboxylic acids is 1. The summed E-state index contributed by atoms with van der Waals surface area (Å²) in [6, 6.07) is 5.68. The Hall–Kier alpha value is -1.77. The second-order valence-corrected chi connectivity index (χ2v) is 3.00. The van der Waals surface area contributed by atoms with Crippen LogP contribution in [0.3, 0.4) is 0 Å². The molecular weight excluding hydrogens is 166 g/mol. The van der Waals surface area contributed by atoms with Gasteiger partial charge in [0.15, 0.2) is 0 Å². The van der Waals surface area contributed by atoms with Crippen molar-refractivity contribution in [1.29, 1.82) is 0 Å². The van der Waals surface area contributed by atoms with Gasteiger partial charge in [-0.15, -0.1) is 0 Å². The molecule has 0 fully saturated rings. The van der Waals surface area contributed by atoms with Gasteiger partial charge in [-0.3, -0.25) is 0 Å². The fraction of sp³-hybridized carbons (Fsp3) is 0.100. The molecule has 0 radical (unpaired) electrons. The monoisotopic (exact) mass is 175 g/mol. The van der Waals surface area contributed by atoms with Gasteiger partial charge in [0, 0.05) is 17.1 Å². The lowest BCUT2D eigenvalue weighted by atomic mass is 10.1. The van der Waals surface area contributed by atoms with Crippen LogP contribution in [0.25, 0.3) is 10.9 Å². The van der Waals surface area contributed by atoms with E-state index in [0.29, 0.717) is 5.56 Å². The smallest absolute Gasteiger partial charge is 0.337 e. The molecule has 13 heavy (non-hydrogen) atoms. The first kappa shape index (κ1) is 7.86. The Bertz CT molecular complexity index is 471. The molecule has 0 aliphatic rings. The number of aromatic carboxylic acids is 1. The van der Waals surface area contributed by atoms with Crippen LogP contribution in [-0.4, -0.2) is 16.1 Å². The first-order valence-electron chi connectivity index (χ1n) is 4.00. The molecular formula is C10H9NO2. The van der Waals surface area contributed by atoms with E-state index in [-0.39, 0.29) is 0 Å². The van der Waals surface area contributed by atoms with E-state index in [1.54, 1.807) is 0 Å². The lowest BCUT2D eigenvalue weighted by Crippen LogP contribution is -1.94. The summed E-state index contributed by atoms with van der Waals surface area (Å²) < 4.78 is 0. The van der Waals surface area contributed by atoms with Crippen LogP contribution < -0.4 is 0 Å². The normalized spacial score (nSPS) is 10.5. The minimum Gasteiger partial charge on any atom is -0.478 e. The van der Waals surface area contributed by atoms with Crippen molar-refractivity contribution in [3.63, 3.8) is 0 Å². The molecule has 0 aliphatic heterocycles. The number of benzene rings is 1. The van der Waals surface area contributed by atoms with Crippen molar-refractivity contribution >= 4 is 16.9 Å². The molecule has 3 nitrogen and oxygen atoms in total. The Balaban J connectivity index is 2.86. The average Bonchev–Trinajstić information content (AvgIpc) is 2.49. The van der Waals surface area contributed by atoms with Crippen LogP contribution in [0.15, 0.2) is 24.4 Å². The molecule has 0 atom stereocenters. The minimum atomic E-state index is -0.888. The highest BCUT2D eigenvalue weighted by atomic mass is 16.4. The van der Waals surface area contributed by atoms with Crippen molar-refractivity contribution in [3.8, 4) is 0 Å². The number of carboxylic acid groups (broad SMARTS) is 1. The number of aromatic amines is 1. The SMILES string of the molecule is Cc1cccc2[nH]cc(C(=O)O)c12. The number of hydrogen-bond donors (Lipinski definition) is 2. The van der Waals surface area contributed by atoms with Gasteiger partial charge < -0.3 is 10.1 Å². The zero-order valence-electron chi connectivity index (χ0n) is 7.16. The van der Waals surface area contributed by atoms with E-state index in [4.69, 9.17) is 5.11 Å². The van der Waals surface area contributed by atoms with Gasteiger partial charge in [-0.25, -0.2) is 4.79 Å². The lowest BCUT2D eigenvalue weighted by molar-refractivity contribution is 0.0699. The molecule has 0 amide bonds. The second kappa shape index (κ2) is 2.62. The van der Waals surface area contributed by atoms with Crippen LogP contribution in [0.5, 0.6) is 0 Å². The molecule has 0 unspecified atom stereocenters. The van der Waals surface area contributed by atoms with Crippen LogP contribution in [-0.2, 0) is 0 Å². The summed E-state index contributed by atoms with van der Waals surface area (Å²) in [5.41, 5.74) is 2.20. The zero-order chi connectivity index (χ0) is 9.42. The largest absolute Gasteiger partial charge is 0.478 e. The Labute approximate surface area is 75.0 Å². The third-order valence-corrected chi connectivity index (χ3v) is 2.14. The predicted octanol–water partition coefficient (Wildman–Crippen LogP) is 2.17. The van der Waals surface area contributed by atoms with E-state index >= 15 is 0 Å². The van der Waals surface area contributed by atoms with Gasteiger partial charge >= 0.3 is 5.97 Å². The molecule has 0 bridgehead atoms. The van der Waals surface area contributed by atoms with Crippen LogP contribution in [0, 0.1) is 6.92 Å². The molecule has 1 heterocycles. The van der Waals surface area contributed by atoms with Gasteiger partial charge in [-0.2, -0.15) is 0 Å². The molecule has 0 spiro atoms. The molecule has 0 saturated carbocycles. The molecule has 1 aromatic carbocycles. The minimum absolute atomic E-state index is 0.341. The zero-order valence-corrected chi connectivity index (χ0v) is 7.16. The van der Waals surface area contributed by atoms with Gasteiger partial charge in [-0.05, 0) is 18.6 Å². The summed E-state index contributed by atoms with van der Waals surface area (Å²) in [5, 5.41) is 9.68. The Kier molecular flexibility index (Phi) is 1.59. The van der Waals surface area contributed by atoms with E-state index in [1.165, 1.54) is 6.20 Å². The van der Waals surface area contributed by atoms with Crippen molar-refractivity contribution in [2.75, 3.05) is 0 Å². The Morgan fingerprint density at radius 3 is 2.92 bits per heavy atom. The molecule has 2 rings (SSSR count). The summed E-state index contributed by atoms with van der Waals surface area (Å²) in [5.74, 6) is -0.888. The van der Waals surface area contributed by atoms with Crippen LogP contribution in [0.4, 0.5) is 0 Å². The third-order valence-electron chi connectivity index (χ3n) is 2.14. The van der Waals surface area contributed by atoms with Gasteiger partial charge in [-0.1, -0.05) is 12.1 Å².